The van der Waals surface area contributed by atoms with Crippen molar-refractivity contribution in [2.45, 2.75) is 24.4 Å². The van der Waals surface area contributed by atoms with E-state index in [1.807, 2.05) is 24.3 Å². The van der Waals surface area contributed by atoms with E-state index in [0.29, 0.717) is 19.4 Å². The second-order valence-corrected chi connectivity index (χ2v) is 8.29. The lowest BCUT2D eigenvalue weighted by atomic mass is 9.63. The van der Waals surface area contributed by atoms with E-state index in [1.54, 1.807) is 0 Å². The number of amides is 1. The van der Waals surface area contributed by atoms with Gasteiger partial charge in [0.2, 0.25) is 0 Å². The number of carbonyl (C=O) groups is 2. The fraction of sp³-hybridized carbons (Fsp3) is 0.391. The molecule has 150 valence electrons. The minimum absolute atomic E-state index is 0.0293. The number of aliphatic carboxylic acids is 1. The van der Waals surface area contributed by atoms with Crippen molar-refractivity contribution in [2.24, 2.45) is 11.8 Å². The van der Waals surface area contributed by atoms with E-state index < -0.39 is 23.6 Å². The molecule has 1 saturated carbocycles. The topological polar surface area (TPSA) is 84.9 Å². The minimum atomic E-state index is -0.798. The normalized spacial score (nSPS) is 26.8. The van der Waals surface area contributed by atoms with E-state index in [2.05, 4.69) is 29.6 Å². The summed E-state index contributed by atoms with van der Waals surface area (Å²) in [5, 5.41) is 12.0. The van der Waals surface area contributed by atoms with Crippen LogP contribution >= 0.6 is 0 Å². The second-order valence-electron chi connectivity index (χ2n) is 8.29. The Morgan fingerprint density at radius 1 is 1.07 bits per heavy atom. The number of alkyl carbamates (subject to hydrolysis) is 1. The number of hydrogen-bond donors (Lipinski definition) is 2. The third-order valence-corrected chi connectivity index (χ3v) is 6.62. The highest BCUT2D eigenvalue weighted by atomic mass is 16.6. The summed E-state index contributed by atoms with van der Waals surface area (Å²) in [5.41, 5.74) is 4.32. The van der Waals surface area contributed by atoms with Gasteiger partial charge in [-0.3, -0.25) is 4.79 Å². The standard InChI is InChI=1S/C23H23NO5/c25-21(26)19-12-29-23(9-14(19)10-23)13-24-22(27)28-11-20-17-7-3-1-5-15(17)16-6-2-4-8-18(16)20/h1-8,14,19-20H,9-13H2,(H,24,27)(H,25,26). The van der Waals surface area contributed by atoms with E-state index in [4.69, 9.17) is 9.47 Å². The predicted molar refractivity (Wildman–Crippen MR) is 106 cm³/mol. The molecule has 0 radical (unpaired) electrons. The van der Waals surface area contributed by atoms with Gasteiger partial charge in [0, 0.05) is 12.5 Å². The molecule has 2 aliphatic heterocycles. The molecular formula is C23H23NO5. The van der Waals surface area contributed by atoms with Crippen LogP contribution in [0.25, 0.3) is 11.1 Å². The Labute approximate surface area is 168 Å². The molecule has 2 aliphatic carbocycles. The van der Waals surface area contributed by atoms with E-state index in [1.165, 1.54) is 22.3 Å². The first-order valence-corrected chi connectivity index (χ1v) is 10.0. The van der Waals surface area contributed by atoms with Crippen LogP contribution in [0.2, 0.25) is 0 Å². The summed E-state index contributed by atoms with van der Waals surface area (Å²) in [7, 11) is 0. The Balaban J connectivity index is 1.18. The third-order valence-electron chi connectivity index (χ3n) is 6.62. The average Bonchev–Trinajstić information content (AvgIpc) is 3.04. The number of carbonyl (C=O) groups excluding carboxylic acids is 1. The number of carboxylic acid groups (broad SMARTS) is 1. The zero-order valence-electron chi connectivity index (χ0n) is 16.0. The molecule has 6 nitrogen and oxygen atoms in total. The van der Waals surface area contributed by atoms with Gasteiger partial charge in [-0.05, 0) is 41.0 Å². The highest BCUT2D eigenvalue weighted by Gasteiger charge is 2.54. The summed E-state index contributed by atoms with van der Waals surface area (Å²) in [6, 6.07) is 16.4. The highest BCUT2D eigenvalue weighted by molar-refractivity contribution is 5.79. The summed E-state index contributed by atoms with van der Waals surface area (Å²) in [5.74, 6) is -1.05. The van der Waals surface area contributed by atoms with Gasteiger partial charge < -0.3 is 19.9 Å². The Morgan fingerprint density at radius 2 is 1.69 bits per heavy atom. The molecule has 4 aliphatic rings. The summed E-state index contributed by atoms with van der Waals surface area (Å²) < 4.78 is 11.3. The van der Waals surface area contributed by atoms with Crippen molar-refractivity contribution in [1.82, 2.24) is 5.32 Å². The quantitative estimate of drug-likeness (QED) is 0.813. The van der Waals surface area contributed by atoms with Gasteiger partial charge in [0.15, 0.2) is 0 Å². The number of rotatable bonds is 5. The van der Waals surface area contributed by atoms with Crippen LogP contribution in [0, 0.1) is 11.8 Å². The molecule has 2 heterocycles. The number of nitrogens with one attached hydrogen (secondary N) is 1. The van der Waals surface area contributed by atoms with Gasteiger partial charge in [0.25, 0.3) is 0 Å². The van der Waals surface area contributed by atoms with Crippen LogP contribution in [-0.2, 0) is 14.3 Å². The van der Waals surface area contributed by atoms with Crippen LogP contribution in [0.5, 0.6) is 0 Å². The van der Waals surface area contributed by atoms with E-state index in [9.17, 15) is 14.7 Å². The molecule has 1 atom stereocenters. The van der Waals surface area contributed by atoms with Gasteiger partial charge in [0.05, 0.1) is 18.1 Å². The molecule has 2 saturated heterocycles. The fourth-order valence-electron chi connectivity index (χ4n) is 5.05. The molecule has 2 bridgehead atoms. The maximum atomic E-state index is 12.3. The highest BCUT2D eigenvalue weighted by Crippen LogP contribution is 2.49. The molecule has 6 rings (SSSR count). The van der Waals surface area contributed by atoms with Crippen molar-refractivity contribution >= 4 is 12.1 Å². The van der Waals surface area contributed by atoms with Gasteiger partial charge in [-0.2, -0.15) is 0 Å². The van der Waals surface area contributed by atoms with Gasteiger partial charge in [-0.25, -0.2) is 4.79 Å². The molecule has 29 heavy (non-hydrogen) atoms. The fourth-order valence-corrected chi connectivity index (χ4v) is 5.05. The van der Waals surface area contributed by atoms with Gasteiger partial charge in [0.1, 0.15) is 6.61 Å². The van der Waals surface area contributed by atoms with Gasteiger partial charge >= 0.3 is 12.1 Å². The first kappa shape index (κ1) is 18.2. The van der Waals surface area contributed by atoms with Crippen LogP contribution in [-0.4, -0.2) is 42.5 Å². The summed E-state index contributed by atoms with van der Waals surface area (Å²) in [6.07, 6.45) is 0.884. The lowest BCUT2D eigenvalue weighted by Crippen LogP contribution is -2.61. The number of hydrogen-bond acceptors (Lipinski definition) is 4. The van der Waals surface area contributed by atoms with Crippen molar-refractivity contribution < 1.29 is 24.2 Å². The lowest BCUT2D eigenvalue weighted by molar-refractivity contribution is -0.210. The predicted octanol–water partition coefficient (Wildman–Crippen LogP) is 3.40. The SMILES string of the molecule is O=C(NCC12CC(C1)C(C(=O)O)CO2)OCC1c2ccccc2-c2ccccc21. The molecule has 0 aromatic heterocycles. The van der Waals surface area contributed by atoms with Crippen LogP contribution in [0.1, 0.15) is 29.9 Å². The van der Waals surface area contributed by atoms with E-state index >= 15 is 0 Å². The molecule has 2 N–H and O–H groups in total. The summed E-state index contributed by atoms with van der Waals surface area (Å²) in [6.45, 7) is 0.844. The van der Waals surface area contributed by atoms with E-state index in [-0.39, 0.29) is 25.0 Å². The molecule has 0 spiro atoms. The zero-order valence-corrected chi connectivity index (χ0v) is 16.0. The van der Waals surface area contributed by atoms with E-state index in [0.717, 1.165) is 0 Å². The Bertz CT molecular complexity index is 914. The van der Waals surface area contributed by atoms with Gasteiger partial charge in [-0.15, -0.1) is 0 Å². The first-order valence-electron chi connectivity index (χ1n) is 10.0. The average molecular weight is 393 g/mol. The second kappa shape index (κ2) is 6.88. The van der Waals surface area contributed by atoms with Crippen molar-refractivity contribution in [3.8, 4) is 11.1 Å². The number of ether oxygens (including phenoxy) is 2. The Kier molecular flexibility index (Phi) is 4.32. The molecule has 1 unspecified atom stereocenters. The van der Waals surface area contributed by atoms with Crippen LogP contribution in [0.4, 0.5) is 4.79 Å². The van der Waals surface area contributed by atoms with Crippen molar-refractivity contribution in [2.75, 3.05) is 19.8 Å². The maximum absolute atomic E-state index is 12.3. The molecule has 6 heteroatoms. The van der Waals surface area contributed by atoms with Crippen molar-refractivity contribution in [1.29, 1.82) is 0 Å². The number of fused-ring (bicyclic) bond motifs is 5. The maximum Gasteiger partial charge on any atom is 0.407 e. The largest absolute Gasteiger partial charge is 0.481 e. The number of benzene rings is 2. The first-order chi connectivity index (χ1) is 14.1. The molecular weight excluding hydrogens is 370 g/mol. The van der Waals surface area contributed by atoms with Crippen LogP contribution in [0.3, 0.4) is 0 Å². The van der Waals surface area contributed by atoms with Crippen LogP contribution < -0.4 is 5.32 Å². The minimum Gasteiger partial charge on any atom is -0.481 e. The summed E-state index contributed by atoms with van der Waals surface area (Å²) >= 11 is 0. The number of carboxylic acids is 1. The monoisotopic (exact) mass is 393 g/mol. The third kappa shape index (κ3) is 3.08. The molecule has 2 aromatic rings. The lowest BCUT2D eigenvalue weighted by Gasteiger charge is -2.54. The molecule has 3 fully saturated rings. The zero-order chi connectivity index (χ0) is 20.0. The van der Waals surface area contributed by atoms with Gasteiger partial charge in [-0.1, -0.05) is 48.5 Å². The Hall–Kier alpha value is -2.86. The summed E-state index contributed by atoms with van der Waals surface area (Å²) in [4.78, 5) is 23.5. The molecule has 1 amide bonds. The Morgan fingerprint density at radius 3 is 2.24 bits per heavy atom. The van der Waals surface area contributed by atoms with Crippen molar-refractivity contribution in [3.05, 3.63) is 59.7 Å². The smallest absolute Gasteiger partial charge is 0.407 e. The molecule has 2 aromatic carbocycles. The van der Waals surface area contributed by atoms with Crippen LogP contribution in [0.15, 0.2) is 48.5 Å². The van der Waals surface area contributed by atoms with Crippen molar-refractivity contribution in [3.63, 3.8) is 0 Å².